The van der Waals surface area contributed by atoms with Crippen LogP contribution in [0.1, 0.15) is 0 Å². The first-order chi connectivity index (χ1) is 11.3. The number of nitrogens with zero attached hydrogens (tertiary/aromatic N) is 4. The SMILES string of the molecule is CN(C)c1ncc(NC(=O)Nc2cc(F)cc(F)c2)c(N(C)C)n1. The van der Waals surface area contributed by atoms with Gasteiger partial charge in [-0.2, -0.15) is 4.98 Å². The van der Waals surface area contributed by atoms with Crippen molar-refractivity contribution in [3.05, 3.63) is 36.0 Å². The van der Waals surface area contributed by atoms with Gasteiger partial charge in [-0.15, -0.1) is 0 Å². The van der Waals surface area contributed by atoms with Gasteiger partial charge < -0.3 is 20.4 Å². The molecule has 0 fully saturated rings. The molecule has 9 heteroatoms. The molecular formula is C15H18F2N6O. The minimum Gasteiger partial charge on any atom is -0.361 e. The van der Waals surface area contributed by atoms with E-state index in [-0.39, 0.29) is 5.69 Å². The van der Waals surface area contributed by atoms with Crippen LogP contribution in [0.4, 0.5) is 36.7 Å². The molecule has 2 amide bonds. The average molecular weight is 336 g/mol. The molecule has 2 rings (SSSR count). The Kier molecular flexibility index (Phi) is 5.12. The second kappa shape index (κ2) is 7.07. The van der Waals surface area contributed by atoms with Crippen LogP contribution in [-0.2, 0) is 0 Å². The van der Waals surface area contributed by atoms with Crippen molar-refractivity contribution in [3.8, 4) is 0 Å². The van der Waals surface area contributed by atoms with Crippen molar-refractivity contribution in [2.45, 2.75) is 0 Å². The van der Waals surface area contributed by atoms with E-state index in [9.17, 15) is 13.6 Å². The lowest BCUT2D eigenvalue weighted by molar-refractivity contribution is 0.262. The monoisotopic (exact) mass is 336 g/mol. The van der Waals surface area contributed by atoms with Crippen LogP contribution >= 0.6 is 0 Å². The number of hydrogen-bond donors (Lipinski definition) is 2. The topological polar surface area (TPSA) is 73.4 Å². The van der Waals surface area contributed by atoms with Gasteiger partial charge in [0.25, 0.3) is 0 Å². The summed E-state index contributed by atoms with van der Waals surface area (Å²) in [6.07, 6.45) is 1.46. The van der Waals surface area contributed by atoms with Crippen LogP contribution < -0.4 is 20.4 Å². The highest BCUT2D eigenvalue weighted by Gasteiger charge is 2.13. The molecule has 2 N–H and O–H groups in total. The van der Waals surface area contributed by atoms with E-state index < -0.39 is 17.7 Å². The molecule has 2 aromatic rings. The van der Waals surface area contributed by atoms with Gasteiger partial charge in [-0.05, 0) is 12.1 Å². The van der Waals surface area contributed by atoms with Crippen molar-refractivity contribution in [2.75, 3.05) is 48.6 Å². The molecule has 0 bridgehead atoms. The third-order valence-electron chi connectivity index (χ3n) is 2.95. The van der Waals surface area contributed by atoms with Gasteiger partial charge in [0.2, 0.25) is 5.95 Å². The number of amides is 2. The highest BCUT2D eigenvalue weighted by atomic mass is 19.1. The Bertz CT molecular complexity index is 730. The number of nitrogens with one attached hydrogen (secondary N) is 2. The number of urea groups is 1. The zero-order valence-electron chi connectivity index (χ0n) is 13.8. The summed E-state index contributed by atoms with van der Waals surface area (Å²) in [6.45, 7) is 0. The first-order valence-electron chi connectivity index (χ1n) is 7.02. The van der Waals surface area contributed by atoms with Crippen molar-refractivity contribution in [1.29, 1.82) is 0 Å². The average Bonchev–Trinajstić information content (AvgIpc) is 2.45. The fraction of sp³-hybridized carbons (Fsp3) is 0.267. The highest BCUT2D eigenvalue weighted by Crippen LogP contribution is 2.23. The van der Waals surface area contributed by atoms with E-state index in [2.05, 4.69) is 20.6 Å². The van der Waals surface area contributed by atoms with Crippen molar-refractivity contribution < 1.29 is 13.6 Å². The van der Waals surface area contributed by atoms with Crippen molar-refractivity contribution in [2.24, 2.45) is 0 Å². The molecule has 0 spiro atoms. The molecule has 0 aliphatic heterocycles. The fourth-order valence-corrected chi connectivity index (χ4v) is 1.92. The smallest absolute Gasteiger partial charge is 0.323 e. The summed E-state index contributed by atoms with van der Waals surface area (Å²) in [5.41, 5.74) is 0.363. The van der Waals surface area contributed by atoms with Gasteiger partial charge in [-0.1, -0.05) is 0 Å². The molecule has 1 aromatic carbocycles. The second-order valence-electron chi connectivity index (χ2n) is 5.43. The van der Waals surface area contributed by atoms with Crippen LogP contribution in [0.15, 0.2) is 24.4 Å². The Hall–Kier alpha value is -2.97. The third kappa shape index (κ3) is 4.28. The summed E-state index contributed by atoms with van der Waals surface area (Å²) in [5.74, 6) is -0.581. The van der Waals surface area contributed by atoms with E-state index in [1.165, 1.54) is 6.20 Å². The number of hydrogen-bond acceptors (Lipinski definition) is 5. The van der Waals surface area contributed by atoms with E-state index in [1.807, 2.05) is 0 Å². The van der Waals surface area contributed by atoms with Crippen molar-refractivity contribution >= 4 is 29.2 Å². The summed E-state index contributed by atoms with van der Waals surface area (Å²) < 4.78 is 26.3. The second-order valence-corrected chi connectivity index (χ2v) is 5.43. The summed E-state index contributed by atoms with van der Waals surface area (Å²) >= 11 is 0. The first-order valence-corrected chi connectivity index (χ1v) is 7.02. The normalized spacial score (nSPS) is 10.2. The van der Waals surface area contributed by atoms with Crippen LogP contribution in [0.5, 0.6) is 0 Å². The number of anilines is 4. The molecule has 128 valence electrons. The molecule has 0 aliphatic carbocycles. The largest absolute Gasteiger partial charge is 0.361 e. The predicted octanol–water partition coefficient (Wildman–Crippen LogP) is 2.53. The number of carbonyl (C=O) groups excluding carboxylic acids is 1. The maximum Gasteiger partial charge on any atom is 0.323 e. The molecule has 0 aliphatic rings. The molecule has 0 saturated carbocycles. The minimum absolute atomic E-state index is 0.00207. The van der Waals surface area contributed by atoms with Crippen LogP contribution in [-0.4, -0.2) is 44.2 Å². The molecule has 7 nitrogen and oxygen atoms in total. The Morgan fingerprint density at radius 1 is 1.00 bits per heavy atom. The number of benzene rings is 1. The maximum absolute atomic E-state index is 13.2. The van der Waals surface area contributed by atoms with Gasteiger partial charge in [0.15, 0.2) is 5.82 Å². The quantitative estimate of drug-likeness (QED) is 0.898. The molecule has 24 heavy (non-hydrogen) atoms. The summed E-state index contributed by atoms with van der Waals surface area (Å²) in [4.78, 5) is 24.0. The lowest BCUT2D eigenvalue weighted by Crippen LogP contribution is -2.23. The van der Waals surface area contributed by atoms with Gasteiger partial charge in [0.05, 0.1) is 6.20 Å². The van der Waals surface area contributed by atoms with E-state index in [4.69, 9.17) is 0 Å². The van der Waals surface area contributed by atoms with E-state index in [1.54, 1.807) is 38.0 Å². The molecule has 0 atom stereocenters. The van der Waals surface area contributed by atoms with Gasteiger partial charge in [0, 0.05) is 39.9 Å². The number of rotatable bonds is 4. The standard InChI is InChI=1S/C15H18F2N6O/c1-22(2)13-12(8-18-14(21-13)23(3)4)20-15(24)19-11-6-9(16)5-10(17)7-11/h5-8H,1-4H3,(H2,19,20,24). The van der Waals surface area contributed by atoms with Crippen LogP contribution in [0.2, 0.25) is 0 Å². The number of halogens is 2. The van der Waals surface area contributed by atoms with Gasteiger partial charge in [-0.3, -0.25) is 0 Å². The molecular weight excluding hydrogens is 318 g/mol. The van der Waals surface area contributed by atoms with Crippen molar-refractivity contribution in [1.82, 2.24) is 9.97 Å². The third-order valence-corrected chi connectivity index (χ3v) is 2.95. The van der Waals surface area contributed by atoms with E-state index >= 15 is 0 Å². The van der Waals surface area contributed by atoms with Crippen LogP contribution in [0.25, 0.3) is 0 Å². The first kappa shape index (κ1) is 17.4. The van der Waals surface area contributed by atoms with Crippen LogP contribution in [0, 0.1) is 11.6 Å². The van der Waals surface area contributed by atoms with Crippen molar-refractivity contribution in [3.63, 3.8) is 0 Å². The van der Waals surface area contributed by atoms with Crippen LogP contribution in [0.3, 0.4) is 0 Å². The van der Waals surface area contributed by atoms with Gasteiger partial charge in [-0.25, -0.2) is 18.6 Å². The lowest BCUT2D eigenvalue weighted by Gasteiger charge is -2.19. The Labute approximate surface area is 138 Å². The van der Waals surface area contributed by atoms with Gasteiger partial charge >= 0.3 is 6.03 Å². The summed E-state index contributed by atoms with van der Waals surface area (Å²) in [5, 5.41) is 4.93. The maximum atomic E-state index is 13.2. The number of carbonyl (C=O) groups is 1. The molecule has 0 unspecified atom stereocenters. The minimum atomic E-state index is -0.780. The lowest BCUT2D eigenvalue weighted by atomic mass is 10.3. The molecule has 0 saturated heterocycles. The summed E-state index contributed by atoms with van der Waals surface area (Å²) in [7, 11) is 7.14. The van der Waals surface area contributed by atoms with E-state index in [0.717, 1.165) is 18.2 Å². The molecule has 1 heterocycles. The molecule has 1 aromatic heterocycles. The fourth-order valence-electron chi connectivity index (χ4n) is 1.92. The highest BCUT2D eigenvalue weighted by molar-refractivity contribution is 6.01. The van der Waals surface area contributed by atoms with E-state index in [0.29, 0.717) is 17.5 Å². The Balaban J connectivity index is 2.19. The molecule has 0 radical (unpaired) electrons. The predicted molar refractivity (Wildman–Crippen MR) is 89.7 cm³/mol. The Morgan fingerprint density at radius 2 is 1.62 bits per heavy atom. The van der Waals surface area contributed by atoms with Gasteiger partial charge in [0.1, 0.15) is 17.3 Å². The number of aromatic nitrogens is 2. The Morgan fingerprint density at radius 3 is 2.17 bits per heavy atom. The zero-order valence-corrected chi connectivity index (χ0v) is 13.8. The summed E-state index contributed by atoms with van der Waals surface area (Å²) in [6, 6.07) is 2.09. The zero-order chi connectivity index (χ0) is 17.9.